The highest BCUT2D eigenvalue weighted by atomic mass is 15.2. The van der Waals surface area contributed by atoms with Crippen LogP contribution in [0.15, 0.2) is 12.4 Å². The van der Waals surface area contributed by atoms with Gasteiger partial charge in [0, 0.05) is 18.7 Å². The highest BCUT2D eigenvalue weighted by Crippen LogP contribution is 2.15. The van der Waals surface area contributed by atoms with Crippen molar-refractivity contribution in [2.75, 3.05) is 31.2 Å². The van der Waals surface area contributed by atoms with Crippen LogP contribution in [0.25, 0.3) is 0 Å². The third-order valence-corrected chi connectivity index (χ3v) is 2.88. The number of anilines is 2. The smallest absolute Gasteiger partial charge is 0.131 e. The molecule has 1 aliphatic rings. The van der Waals surface area contributed by atoms with E-state index >= 15 is 0 Å². The SMILES string of the molecule is CN1CCCC1CNc1cc(N)ncn1. The van der Waals surface area contributed by atoms with Crippen LogP contribution >= 0.6 is 0 Å². The summed E-state index contributed by atoms with van der Waals surface area (Å²) in [5.74, 6) is 1.31. The summed E-state index contributed by atoms with van der Waals surface area (Å²) in [4.78, 5) is 10.3. The van der Waals surface area contributed by atoms with Gasteiger partial charge in [-0.05, 0) is 26.4 Å². The lowest BCUT2D eigenvalue weighted by atomic mass is 10.2. The molecule has 0 saturated carbocycles. The molecule has 1 aromatic rings. The van der Waals surface area contributed by atoms with Crippen LogP contribution < -0.4 is 11.1 Å². The van der Waals surface area contributed by atoms with Crippen molar-refractivity contribution in [3.8, 4) is 0 Å². The van der Waals surface area contributed by atoms with Crippen LogP contribution in [0.4, 0.5) is 11.6 Å². The molecular formula is C10H17N5. The average molecular weight is 207 g/mol. The maximum absolute atomic E-state index is 5.57. The molecule has 2 rings (SSSR count). The van der Waals surface area contributed by atoms with E-state index in [9.17, 15) is 0 Å². The van der Waals surface area contributed by atoms with Gasteiger partial charge in [0.15, 0.2) is 0 Å². The van der Waals surface area contributed by atoms with Gasteiger partial charge in [0.1, 0.15) is 18.0 Å². The molecule has 0 aromatic carbocycles. The molecule has 0 bridgehead atoms. The van der Waals surface area contributed by atoms with E-state index in [1.807, 2.05) is 0 Å². The van der Waals surface area contributed by atoms with Crippen molar-refractivity contribution in [2.24, 2.45) is 0 Å². The molecule has 0 spiro atoms. The molecule has 5 nitrogen and oxygen atoms in total. The Balaban J connectivity index is 1.87. The maximum Gasteiger partial charge on any atom is 0.131 e. The summed E-state index contributed by atoms with van der Waals surface area (Å²) in [5.41, 5.74) is 5.57. The van der Waals surface area contributed by atoms with E-state index < -0.39 is 0 Å². The Labute approximate surface area is 89.7 Å². The zero-order valence-corrected chi connectivity index (χ0v) is 8.98. The lowest BCUT2D eigenvalue weighted by Gasteiger charge is -2.19. The fourth-order valence-electron chi connectivity index (χ4n) is 1.93. The number of likely N-dealkylation sites (N-methyl/N-ethyl adjacent to an activating group) is 1. The molecule has 1 unspecified atom stereocenters. The Morgan fingerprint density at radius 2 is 2.47 bits per heavy atom. The van der Waals surface area contributed by atoms with Gasteiger partial charge in [-0.2, -0.15) is 0 Å². The minimum Gasteiger partial charge on any atom is -0.384 e. The predicted octanol–water partition coefficient (Wildman–Crippen LogP) is 0.565. The first-order valence-corrected chi connectivity index (χ1v) is 5.27. The first kappa shape index (κ1) is 10.2. The van der Waals surface area contributed by atoms with Crippen LogP contribution in [0.5, 0.6) is 0 Å². The average Bonchev–Trinajstić information content (AvgIpc) is 2.61. The first-order chi connectivity index (χ1) is 7.25. The van der Waals surface area contributed by atoms with Crippen LogP contribution in [-0.2, 0) is 0 Å². The van der Waals surface area contributed by atoms with Crippen molar-refractivity contribution < 1.29 is 0 Å². The number of nitrogen functional groups attached to an aromatic ring is 1. The number of aromatic nitrogens is 2. The Morgan fingerprint density at radius 3 is 3.13 bits per heavy atom. The van der Waals surface area contributed by atoms with Crippen LogP contribution in [0.2, 0.25) is 0 Å². The Kier molecular flexibility index (Phi) is 3.01. The molecule has 0 amide bonds. The topological polar surface area (TPSA) is 67.1 Å². The first-order valence-electron chi connectivity index (χ1n) is 5.27. The summed E-state index contributed by atoms with van der Waals surface area (Å²) >= 11 is 0. The van der Waals surface area contributed by atoms with Gasteiger partial charge >= 0.3 is 0 Å². The molecule has 1 aliphatic heterocycles. The van der Waals surface area contributed by atoms with Gasteiger partial charge in [0.2, 0.25) is 0 Å². The van der Waals surface area contributed by atoms with Crippen molar-refractivity contribution in [3.63, 3.8) is 0 Å². The van der Waals surface area contributed by atoms with E-state index in [-0.39, 0.29) is 0 Å². The zero-order chi connectivity index (χ0) is 10.7. The number of nitrogens with zero attached hydrogens (tertiary/aromatic N) is 3. The van der Waals surface area contributed by atoms with E-state index in [0.29, 0.717) is 11.9 Å². The zero-order valence-electron chi connectivity index (χ0n) is 8.98. The normalized spacial score (nSPS) is 21.8. The summed E-state index contributed by atoms with van der Waals surface area (Å²) in [7, 11) is 2.16. The maximum atomic E-state index is 5.57. The molecule has 0 aliphatic carbocycles. The second kappa shape index (κ2) is 4.44. The number of hydrogen-bond donors (Lipinski definition) is 2. The molecule has 82 valence electrons. The third-order valence-electron chi connectivity index (χ3n) is 2.88. The van der Waals surface area contributed by atoms with Crippen molar-refractivity contribution >= 4 is 11.6 Å². The molecule has 0 radical (unpaired) electrons. The lowest BCUT2D eigenvalue weighted by molar-refractivity contribution is 0.322. The molecule has 1 saturated heterocycles. The molecule has 1 aromatic heterocycles. The highest BCUT2D eigenvalue weighted by molar-refractivity contribution is 5.43. The molecule has 2 heterocycles. The largest absolute Gasteiger partial charge is 0.384 e. The van der Waals surface area contributed by atoms with E-state index in [0.717, 1.165) is 12.4 Å². The van der Waals surface area contributed by atoms with Crippen molar-refractivity contribution in [1.29, 1.82) is 0 Å². The monoisotopic (exact) mass is 207 g/mol. The summed E-state index contributed by atoms with van der Waals surface area (Å²) < 4.78 is 0. The fourth-order valence-corrected chi connectivity index (χ4v) is 1.93. The fraction of sp³-hybridized carbons (Fsp3) is 0.600. The lowest BCUT2D eigenvalue weighted by Crippen LogP contribution is -2.31. The van der Waals surface area contributed by atoms with Crippen molar-refractivity contribution in [2.45, 2.75) is 18.9 Å². The van der Waals surface area contributed by atoms with Crippen LogP contribution in [0.1, 0.15) is 12.8 Å². The number of nitrogens with one attached hydrogen (secondary N) is 1. The minimum absolute atomic E-state index is 0.507. The molecule has 5 heteroatoms. The molecule has 15 heavy (non-hydrogen) atoms. The summed E-state index contributed by atoms with van der Waals surface area (Å²) in [6, 6.07) is 2.37. The Hall–Kier alpha value is -1.36. The molecule has 1 atom stereocenters. The standard InChI is InChI=1S/C10H17N5/c1-15-4-2-3-8(15)6-12-10-5-9(11)13-7-14-10/h5,7-8H,2-4,6H2,1H3,(H3,11,12,13,14). The van der Waals surface area contributed by atoms with Crippen LogP contribution in [-0.4, -0.2) is 41.0 Å². The molecular weight excluding hydrogens is 190 g/mol. The highest BCUT2D eigenvalue weighted by Gasteiger charge is 2.20. The van der Waals surface area contributed by atoms with E-state index in [1.165, 1.54) is 25.7 Å². The third kappa shape index (κ3) is 2.56. The van der Waals surface area contributed by atoms with Gasteiger partial charge in [-0.15, -0.1) is 0 Å². The summed E-state index contributed by atoms with van der Waals surface area (Å²) in [5, 5.41) is 3.29. The second-order valence-corrected chi connectivity index (χ2v) is 3.99. The predicted molar refractivity (Wildman–Crippen MR) is 60.6 cm³/mol. The minimum atomic E-state index is 0.507. The van der Waals surface area contributed by atoms with Gasteiger partial charge in [0.05, 0.1) is 0 Å². The number of likely N-dealkylation sites (tertiary alicyclic amines) is 1. The van der Waals surface area contributed by atoms with E-state index in [1.54, 1.807) is 6.07 Å². The van der Waals surface area contributed by atoms with Gasteiger partial charge in [-0.3, -0.25) is 0 Å². The summed E-state index contributed by atoms with van der Waals surface area (Å²) in [6.45, 7) is 2.12. The molecule has 1 fully saturated rings. The quantitative estimate of drug-likeness (QED) is 0.758. The number of nitrogens with two attached hydrogens (primary N) is 1. The second-order valence-electron chi connectivity index (χ2n) is 3.99. The van der Waals surface area contributed by atoms with Crippen molar-refractivity contribution in [1.82, 2.24) is 14.9 Å². The number of rotatable bonds is 3. The summed E-state index contributed by atoms with van der Waals surface area (Å²) in [6.07, 6.45) is 4.02. The van der Waals surface area contributed by atoms with Gasteiger partial charge in [0.25, 0.3) is 0 Å². The van der Waals surface area contributed by atoms with Crippen molar-refractivity contribution in [3.05, 3.63) is 12.4 Å². The van der Waals surface area contributed by atoms with Gasteiger partial charge in [-0.25, -0.2) is 9.97 Å². The Morgan fingerprint density at radius 1 is 1.60 bits per heavy atom. The number of hydrogen-bond acceptors (Lipinski definition) is 5. The van der Waals surface area contributed by atoms with Crippen LogP contribution in [0, 0.1) is 0 Å². The van der Waals surface area contributed by atoms with E-state index in [2.05, 4.69) is 27.2 Å². The van der Waals surface area contributed by atoms with Crippen LogP contribution in [0.3, 0.4) is 0 Å². The van der Waals surface area contributed by atoms with Gasteiger partial charge in [-0.1, -0.05) is 0 Å². The Bertz CT molecular complexity index is 327. The molecule has 3 N–H and O–H groups in total. The van der Waals surface area contributed by atoms with Gasteiger partial charge < -0.3 is 16.0 Å². The van der Waals surface area contributed by atoms with E-state index in [4.69, 9.17) is 5.73 Å².